The largest absolute Gasteiger partial charge is 0.329 e. The zero-order valence-electron chi connectivity index (χ0n) is 17.2. The SMILES string of the molecule is Cc1sc2nc(/C(C#N)=C/c3ccc(Sc4nccn4C)c([N+](=O)[O-])c3)[nH]c(=O)c2c1C. The van der Waals surface area contributed by atoms with Crippen LogP contribution in [0.4, 0.5) is 5.69 Å². The number of nitro benzene ring substituents is 1. The van der Waals surface area contributed by atoms with E-state index in [9.17, 15) is 20.2 Å². The minimum atomic E-state index is -0.474. The van der Waals surface area contributed by atoms with Crippen molar-refractivity contribution >= 4 is 50.7 Å². The molecule has 1 N–H and O–H groups in total. The Bertz CT molecular complexity index is 1510. The molecular weight excluding hydrogens is 448 g/mol. The summed E-state index contributed by atoms with van der Waals surface area (Å²) in [5, 5.41) is 22.5. The van der Waals surface area contributed by atoms with Crippen molar-refractivity contribution in [2.24, 2.45) is 7.05 Å². The van der Waals surface area contributed by atoms with Crippen molar-refractivity contribution in [3.8, 4) is 6.07 Å². The highest BCUT2D eigenvalue weighted by Crippen LogP contribution is 2.35. The van der Waals surface area contributed by atoms with Crippen molar-refractivity contribution < 1.29 is 4.92 Å². The first-order chi connectivity index (χ1) is 15.3. The van der Waals surface area contributed by atoms with Crippen molar-refractivity contribution in [3.05, 3.63) is 72.9 Å². The zero-order chi connectivity index (χ0) is 23.0. The lowest BCUT2D eigenvalue weighted by molar-refractivity contribution is -0.387. The number of allylic oxidation sites excluding steroid dienone is 1. The summed E-state index contributed by atoms with van der Waals surface area (Å²) in [4.78, 5) is 37.0. The van der Waals surface area contributed by atoms with E-state index in [-0.39, 0.29) is 22.6 Å². The first-order valence-electron chi connectivity index (χ1n) is 9.34. The number of thiophene rings is 1. The summed E-state index contributed by atoms with van der Waals surface area (Å²) in [6.07, 6.45) is 4.84. The van der Waals surface area contributed by atoms with E-state index in [4.69, 9.17) is 0 Å². The molecule has 0 aliphatic rings. The molecule has 160 valence electrons. The highest BCUT2D eigenvalue weighted by molar-refractivity contribution is 7.99. The second kappa shape index (κ2) is 8.41. The number of fused-ring (bicyclic) bond motifs is 1. The molecule has 0 saturated heterocycles. The van der Waals surface area contributed by atoms with Crippen LogP contribution in [0.3, 0.4) is 0 Å². The van der Waals surface area contributed by atoms with E-state index in [2.05, 4.69) is 15.0 Å². The number of nitro groups is 1. The molecule has 3 aromatic heterocycles. The van der Waals surface area contributed by atoms with Crippen LogP contribution in [-0.4, -0.2) is 24.4 Å². The fourth-order valence-corrected chi connectivity index (χ4v) is 5.02. The van der Waals surface area contributed by atoms with Gasteiger partial charge in [-0.05, 0) is 48.9 Å². The van der Waals surface area contributed by atoms with Crippen LogP contribution in [0.2, 0.25) is 0 Å². The maximum atomic E-state index is 12.5. The van der Waals surface area contributed by atoms with Gasteiger partial charge in [0.05, 0.1) is 20.8 Å². The van der Waals surface area contributed by atoms with Crippen LogP contribution in [0.1, 0.15) is 21.8 Å². The third-order valence-corrected chi connectivity index (χ3v) is 7.13. The minimum Gasteiger partial charge on any atom is -0.329 e. The van der Waals surface area contributed by atoms with E-state index in [0.29, 0.717) is 25.8 Å². The monoisotopic (exact) mass is 464 g/mol. The molecule has 11 heteroatoms. The number of H-pyrrole nitrogens is 1. The quantitative estimate of drug-likeness (QED) is 0.262. The Morgan fingerprint density at radius 3 is 2.84 bits per heavy atom. The normalized spacial score (nSPS) is 11.6. The number of nitrogens with one attached hydrogen (secondary N) is 1. The molecule has 0 fully saturated rings. The Balaban J connectivity index is 1.76. The Labute approximate surface area is 190 Å². The van der Waals surface area contributed by atoms with Crippen molar-refractivity contribution in [1.29, 1.82) is 5.26 Å². The summed E-state index contributed by atoms with van der Waals surface area (Å²) in [7, 11) is 1.80. The number of hydrogen-bond donors (Lipinski definition) is 1. The first-order valence-corrected chi connectivity index (χ1v) is 11.0. The van der Waals surface area contributed by atoms with Crippen LogP contribution < -0.4 is 5.56 Å². The number of nitrogens with zero attached hydrogens (tertiary/aromatic N) is 5. The molecule has 0 saturated carbocycles. The number of rotatable bonds is 5. The molecular formula is C21H16N6O3S2. The van der Waals surface area contributed by atoms with Gasteiger partial charge in [-0.15, -0.1) is 11.3 Å². The average Bonchev–Trinajstić information content (AvgIpc) is 3.29. The summed E-state index contributed by atoms with van der Waals surface area (Å²) in [5.74, 6) is 0.125. The van der Waals surface area contributed by atoms with Crippen molar-refractivity contribution in [1.82, 2.24) is 19.5 Å². The standard InChI is InChI=1S/C21H16N6O3S2/c1-11-12(2)31-20-17(11)19(28)24-18(25-20)14(10-22)8-13-4-5-16(15(9-13)27(29)30)32-21-23-6-7-26(21)3/h4-9H,1-3H3,(H,24,25,28)/b14-8+. The molecule has 0 aliphatic carbocycles. The van der Waals surface area contributed by atoms with Gasteiger partial charge in [0.25, 0.3) is 11.2 Å². The lowest BCUT2D eigenvalue weighted by Crippen LogP contribution is -2.10. The van der Waals surface area contributed by atoms with Crippen molar-refractivity contribution in [2.45, 2.75) is 23.9 Å². The lowest BCUT2D eigenvalue weighted by Gasteiger charge is -2.05. The van der Waals surface area contributed by atoms with E-state index in [1.54, 1.807) is 36.1 Å². The van der Waals surface area contributed by atoms with Crippen LogP contribution in [0.15, 0.2) is 45.4 Å². The average molecular weight is 465 g/mol. The van der Waals surface area contributed by atoms with Gasteiger partial charge in [0, 0.05) is 30.4 Å². The zero-order valence-corrected chi connectivity index (χ0v) is 18.9. The second-order valence-corrected chi connectivity index (χ2v) is 9.17. The highest BCUT2D eigenvalue weighted by Gasteiger charge is 2.18. The molecule has 0 radical (unpaired) electrons. The molecule has 1 aromatic carbocycles. The second-order valence-electron chi connectivity index (χ2n) is 6.95. The van der Waals surface area contributed by atoms with Gasteiger partial charge in [0.2, 0.25) is 0 Å². The van der Waals surface area contributed by atoms with Gasteiger partial charge < -0.3 is 9.55 Å². The number of nitriles is 1. The van der Waals surface area contributed by atoms with E-state index in [1.807, 2.05) is 19.9 Å². The predicted octanol–water partition coefficient (Wildman–Crippen LogP) is 4.46. The van der Waals surface area contributed by atoms with Crippen LogP contribution in [0, 0.1) is 35.3 Å². The fourth-order valence-electron chi connectivity index (χ4n) is 3.10. The van der Waals surface area contributed by atoms with Gasteiger partial charge in [-0.25, -0.2) is 9.97 Å². The number of aromatic amines is 1. The van der Waals surface area contributed by atoms with E-state index >= 15 is 0 Å². The summed E-state index contributed by atoms with van der Waals surface area (Å²) in [6.45, 7) is 3.76. The van der Waals surface area contributed by atoms with Gasteiger partial charge in [-0.1, -0.05) is 6.07 Å². The van der Waals surface area contributed by atoms with Gasteiger partial charge in [-0.3, -0.25) is 14.9 Å². The van der Waals surface area contributed by atoms with E-state index in [0.717, 1.165) is 10.4 Å². The molecule has 9 nitrogen and oxygen atoms in total. The fraction of sp³-hybridized carbons (Fsp3) is 0.143. The van der Waals surface area contributed by atoms with Gasteiger partial charge in [-0.2, -0.15) is 5.26 Å². The molecule has 0 spiro atoms. The van der Waals surface area contributed by atoms with Crippen molar-refractivity contribution in [2.75, 3.05) is 0 Å². The number of hydrogen-bond acceptors (Lipinski definition) is 8. The maximum Gasteiger partial charge on any atom is 0.283 e. The van der Waals surface area contributed by atoms with E-state index < -0.39 is 4.92 Å². The molecule has 32 heavy (non-hydrogen) atoms. The minimum absolute atomic E-state index is 0.103. The Morgan fingerprint density at radius 2 is 2.19 bits per heavy atom. The third kappa shape index (κ3) is 3.93. The van der Waals surface area contributed by atoms with E-state index in [1.165, 1.54) is 35.2 Å². The number of aryl methyl sites for hydroxylation is 3. The van der Waals surface area contributed by atoms with Gasteiger partial charge >= 0.3 is 0 Å². The molecule has 4 aromatic rings. The van der Waals surface area contributed by atoms with Crippen LogP contribution in [0.5, 0.6) is 0 Å². The number of benzene rings is 1. The molecule has 0 bridgehead atoms. The summed E-state index contributed by atoms with van der Waals surface area (Å²) in [6, 6.07) is 6.71. The summed E-state index contributed by atoms with van der Waals surface area (Å²) >= 11 is 2.56. The number of imidazole rings is 1. The van der Waals surface area contributed by atoms with Crippen LogP contribution in [0.25, 0.3) is 21.9 Å². The van der Waals surface area contributed by atoms with Crippen LogP contribution in [-0.2, 0) is 7.05 Å². The molecule has 0 aliphatic heterocycles. The first kappa shape index (κ1) is 21.5. The van der Waals surface area contributed by atoms with Crippen molar-refractivity contribution in [3.63, 3.8) is 0 Å². The maximum absolute atomic E-state index is 12.5. The highest BCUT2D eigenvalue weighted by atomic mass is 32.2. The number of aromatic nitrogens is 4. The summed E-state index contributed by atoms with van der Waals surface area (Å²) in [5.41, 5.74) is 0.987. The molecule has 0 atom stereocenters. The van der Waals surface area contributed by atoms with Crippen LogP contribution >= 0.6 is 23.1 Å². The third-order valence-electron chi connectivity index (χ3n) is 4.88. The van der Waals surface area contributed by atoms with Gasteiger partial charge in [0.1, 0.15) is 10.9 Å². The predicted molar refractivity (Wildman–Crippen MR) is 124 cm³/mol. The summed E-state index contributed by atoms with van der Waals surface area (Å²) < 4.78 is 1.77. The Morgan fingerprint density at radius 1 is 1.41 bits per heavy atom. The molecule has 3 heterocycles. The lowest BCUT2D eigenvalue weighted by atomic mass is 10.1. The molecule has 0 unspecified atom stereocenters. The topological polar surface area (TPSA) is 130 Å². The Kier molecular flexibility index (Phi) is 5.65. The smallest absolute Gasteiger partial charge is 0.283 e. The Hall–Kier alpha value is -3.75. The molecule has 4 rings (SSSR count). The van der Waals surface area contributed by atoms with Gasteiger partial charge in [0.15, 0.2) is 11.0 Å². The molecule has 0 amide bonds.